The second-order valence-electron chi connectivity index (χ2n) is 25.6. The molecule has 0 bridgehead atoms. The number of nitrogens with zero attached hydrogens (tertiary/aromatic N) is 3. The zero-order chi connectivity index (χ0) is 46.6. The normalized spacial score (nSPS) is 26.6. The van der Waals surface area contributed by atoms with Gasteiger partial charge in [-0.15, -0.1) is 0 Å². The van der Waals surface area contributed by atoms with Crippen LogP contribution in [0.1, 0.15) is 168 Å². The molecule has 6 aromatic carbocycles. The Hall–Kier alpha value is -5.22. The van der Waals surface area contributed by atoms with Crippen molar-refractivity contribution in [2.75, 3.05) is 9.80 Å². The van der Waals surface area contributed by atoms with Crippen LogP contribution in [0.25, 0.3) is 27.5 Å². The first-order valence-corrected chi connectivity index (χ1v) is 26.0. The highest BCUT2D eigenvalue weighted by atomic mass is 15.3. The summed E-state index contributed by atoms with van der Waals surface area (Å²) in [6, 6.07) is 44.0. The molecule has 4 atom stereocenters. The number of para-hydroxylation sites is 2. The van der Waals surface area contributed by atoms with E-state index in [9.17, 15) is 0 Å². The Balaban J connectivity index is 1.21. The molecular weight excluding hydrogens is 810 g/mol. The van der Waals surface area contributed by atoms with E-state index in [-0.39, 0.29) is 44.9 Å². The van der Waals surface area contributed by atoms with Crippen LogP contribution in [0, 0.1) is 0 Å². The molecular formula is C63H70BN3. The highest BCUT2D eigenvalue weighted by Crippen LogP contribution is 2.65. The zero-order valence-corrected chi connectivity index (χ0v) is 42.5. The largest absolute Gasteiger partial charge is 0.334 e. The molecule has 0 spiro atoms. The Morgan fingerprint density at radius 2 is 1.06 bits per heavy atom. The van der Waals surface area contributed by atoms with Crippen molar-refractivity contribution in [2.24, 2.45) is 0 Å². The van der Waals surface area contributed by atoms with Gasteiger partial charge in [0.2, 0.25) is 6.71 Å². The molecule has 7 aromatic rings. The van der Waals surface area contributed by atoms with Gasteiger partial charge in [-0.25, -0.2) is 0 Å². The molecule has 340 valence electrons. The minimum absolute atomic E-state index is 0.00523. The molecule has 13 rings (SSSR count). The predicted molar refractivity (Wildman–Crippen MR) is 287 cm³/mol. The van der Waals surface area contributed by atoms with Gasteiger partial charge in [0.1, 0.15) is 0 Å². The highest BCUT2D eigenvalue weighted by Gasteiger charge is 2.61. The summed E-state index contributed by atoms with van der Waals surface area (Å²) in [5.41, 5.74) is 22.8. The SMILES string of the molecule is CC(C)(C)c1cc2c3c(c1)C(C)(C)c1cc4c(cc1B3c1cc3c(c5c6cc(C(C)(C)C)ccc6n-2c15)N(c1ccccc1)C1(C)CCCCC31C)C1(C)CCCCC1(C)N4c1ccccc1. The molecule has 0 amide bonds. The quantitative estimate of drug-likeness (QED) is 0.160. The van der Waals surface area contributed by atoms with E-state index >= 15 is 0 Å². The lowest BCUT2D eigenvalue weighted by molar-refractivity contribution is 0.195. The van der Waals surface area contributed by atoms with E-state index in [2.05, 4.69) is 207 Å². The molecule has 5 heterocycles. The lowest BCUT2D eigenvalue weighted by Gasteiger charge is -2.50. The van der Waals surface area contributed by atoms with Crippen LogP contribution in [-0.2, 0) is 27.1 Å². The number of anilines is 4. The fourth-order valence-corrected chi connectivity index (χ4v) is 15.6. The van der Waals surface area contributed by atoms with Gasteiger partial charge >= 0.3 is 0 Å². The topological polar surface area (TPSA) is 11.4 Å². The minimum atomic E-state index is -0.238. The fourth-order valence-electron chi connectivity index (χ4n) is 15.6. The third-order valence-electron chi connectivity index (χ3n) is 19.8. The monoisotopic (exact) mass is 880 g/mol. The molecule has 2 saturated carbocycles. The summed E-state index contributed by atoms with van der Waals surface area (Å²) in [4.78, 5) is 5.65. The molecule has 0 N–H and O–H groups in total. The molecule has 2 fully saturated rings. The first-order chi connectivity index (χ1) is 31.7. The standard InChI is InChI=1S/C63H70BN3/c1-57(2,3)39-27-28-50-43(33-39)53-55-47(61(10)30-20-22-32-63(61,12)67(55)42-25-17-14-18-26-42)37-49-56(53)65(50)52-35-40(58(4,5)6)34-46-54(52)64(49)48-36-45-51(38-44(48)59(46,7)8)66(41-23-15-13-16-24-41)62(11)31-21-19-29-60(45,62)9/h13-18,23-28,33-38H,19-22,29-32H2,1-12H3. The fraction of sp³-hybridized carbons (Fsp3) is 0.429. The average molecular weight is 880 g/mol. The number of aromatic nitrogens is 1. The van der Waals surface area contributed by atoms with Crippen molar-refractivity contribution < 1.29 is 0 Å². The summed E-state index contributed by atoms with van der Waals surface area (Å²) in [5.74, 6) is 0. The van der Waals surface area contributed by atoms with Crippen LogP contribution in [0.5, 0.6) is 0 Å². The molecule has 4 unspecified atom stereocenters. The van der Waals surface area contributed by atoms with E-state index in [4.69, 9.17) is 0 Å². The van der Waals surface area contributed by atoms with Gasteiger partial charge in [-0.2, -0.15) is 0 Å². The summed E-state index contributed by atoms with van der Waals surface area (Å²) < 4.78 is 2.78. The molecule has 0 radical (unpaired) electrons. The van der Waals surface area contributed by atoms with Crippen LogP contribution < -0.4 is 26.2 Å². The maximum absolute atomic E-state index is 2.86. The molecule has 4 heteroatoms. The van der Waals surface area contributed by atoms with Gasteiger partial charge in [0, 0.05) is 49.8 Å². The van der Waals surface area contributed by atoms with Crippen molar-refractivity contribution in [3.05, 3.63) is 143 Å². The van der Waals surface area contributed by atoms with Gasteiger partial charge in [-0.1, -0.05) is 161 Å². The maximum atomic E-state index is 2.86. The molecule has 0 saturated heterocycles. The summed E-state index contributed by atoms with van der Waals surface area (Å²) in [6.07, 6.45) is 9.85. The summed E-state index contributed by atoms with van der Waals surface area (Å²) >= 11 is 0. The number of hydrogen-bond donors (Lipinski definition) is 0. The Kier molecular flexibility index (Phi) is 8.20. The van der Waals surface area contributed by atoms with Gasteiger partial charge in [0.05, 0.1) is 27.8 Å². The first kappa shape index (κ1) is 41.9. The van der Waals surface area contributed by atoms with Crippen molar-refractivity contribution in [3.63, 3.8) is 0 Å². The van der Waals surface area contributed by atoms with Crippen LogP contribution in [0.3, 0.4) is 0 Å². The van der Waals surface area contributed by atoms with Crippen LogP contribution >= 0.6 is 0 Å². The van der Waals surface area contributed by atoms with Crippen molar-refractivity contribution in [3.8, 4) is 5.69 Å². The first-order valence-electron chi connectivity index (χ1n) is 26.0. The van der Waals surface area contributed by atoms with Crippen LogP contribution in [-0.4, -0.2) is 22.4 Å². The molecule has 1 aromatic heterocycles. The van der Waals surface area contributed by atoms with Crippen LogP contribution in [0.4, 0.5) is 22.7 Å². The number of hydrogen-bond acceptors (Lipinski definition) is 2. The maximum Gasteiger partial charge on any atom is 0.247 e. The molecule has 3 nitrogen and oxygen atoms in total. The van der Waals surface area contributed by atoms with E-state index < -0.39 is 0 Å². The van der Waals surface area contributed by atoms with Crippen molar-refractivity contribution in [1.29, 1.82) is 0 Å². The van der Waals surface area contributed by atoms with Gasteiger partial charge in [0.15, 0.2) is 0 Å². The second-order valence-corrected chi connectivity index (χ2v) is 25.6. The highest BCUT2D eigenvalue weighted by molar-refractivity contribution is 6.99. The van der Waals surface area contributed by atoms with Gasteiger partial charge in [-0.05, 0) is 143 Å². The molecule has 2 aliphatic carbocycles. The van der Waals surface area contributed by atoms with E-state index in [1.54, 1.807) is 11.1 Å². The van der Waals surface area contributed by atoms with Gasteiger partial charge < -0.3 is 14.4 Å². The van der Waals surface area contributed by atoms with E-state index in [1.165, 1.54) is 140 Å². The predicted octanol–water partition coefficient (Wildman–Crippen LogP) is 14.3. The number of rotatable bonds is 2. The Labute approximate surface area is 401 Å². The number of benzene rings is 6. The van der Waals surface area contributed by atoms with Crippen molar-refractivity contribution in [1.82, 2.24) is 4.57 Å². The molecule has 6 aliphatic rings. The zero-order valence-electron chi connectivity index (χ0n) is 42.5. The lowest BCUT2D eigenvalue weighted by Crippen LogP contribution is -2.63. The van der Waals surface area contributed by atoms with E-state index in [0.29, 0.717) is 0 Å². The third kappa shape index (κ3) is 5.06. The van der Waals surface area contributed by atoms with Gasteiger partial charge in [0.25, 0.3) is 0 Å². The molecule has 67 heavy (non-hydrogen) atoms. The van der Waals surface area contributed by atoms with E-state index in [1.807, 2.05) is 0 Å². The van der Waals surface area contributed by atoms with Crippen molar-refractivity contribution >= 4 is 67.7 Å². The minimum Gasteiger partial charge on any atom is -0.334 e. The Bertz CT molecular complexity index is 3270. The Morgan fingerprint density at radius 3 is 1.69 bits per heavy atom. The van der Waals surface area contributed by atoms with Crippen molar-refractivity contribution in [2.45, 2.75) is 173 Å². The Morgan fingerprint density at radius 1 is 0.493 bits per heavy atom. The van der Waals surface area contributed by atoms with Gasteiger partial charge in [-0.3, -0.25) is 0 Å². The summed E-state index contributed by atoms with van der Waals surface area (Å²) in [6.45, 7) is 30.1. The smallest absolute Gasteiger partial charge is 0.247 e. The summed E-state index contributed by atoms with van der Waals surface area (Å²) in [7, 11) is 0. The summed E-state index contributed by atoms with van der Waals surface area (Å²) in [5, 5.41) is 2.86. The second kappa shape index (κ2) is 13.1. The third-order valence-corrected chi connectivity index (χ3v) is 19.8. The lowest BCUT2D eigenvalue weighted by atomic mass is 9.30. The number of fused-ring (bicyclic) bond motifs is 14. The average Bonchev–Trinajstić information content (AvgIpc) is 3.82. The van der Waals surface area contributed by atoms with Crippen LogP contribution in [0.2, 0.25) is 0 Å². The van der Waals surface area contributed by atoms with Crippen LogP contribution in [0.15, 0.2) is 109 Å². The van der Waals surface area contributed by atoms with E-state index in [0.717, 1.165) is 0 Å². The molecule has 4 aliphatic heterocycles.